The summed E-state index contributed by atoms with van der Waals surface area (Å²) >= 11 is 0. The molecule has 1 amide bonds. The molecule has 3 nitrogen and oxygen atoms in total. The van der Waals surface area contributed by atoms with Crippen LogP contribution in [-0.4, -0.2) is 19.0 Å². The Morgan fingerprint density at radius 1 is 1.47 bits per heavy atom. The van der Waals surface area contributed by atoms with Crippen molar-refractivity contribution in [1.29, 1.82) is 0 Å². The molecule has 0 saturated carbocycles. The molecule has 0 spiro atoms. The quantitative estimate of drug-likeness (QED) is 0.896. The zero-order chi connectivity index (χ0) is 13.1. The molecule has 1 aliphatic rings. The van der Waals surface area contributed by atoms with Gasteiger partial charge in [0.15, 0.2) is 0 Å². The molecule has 2 N–H and O–H groups in total. The first-order valence-electron chi connectivity index (χ1n) is 6.04. The van der Waals surface area contributed by atoms with Crippen molar-refractivity contribution in [2.24, 2.45) is 5.92 Å². The zero-order valence-electron chi connectivity index (χ0n) is 10.6. The van der Waals surface area contributed by atoms with Gasteiger partial charge in [0.05, 0.1) is 12.0 Å². The Hall–Kier alpha value is -1.20. The molecular weight excluding hydrogens is 274 g/mol. The Morgan fingerprint density at radius 3 is 2.79 bits per heavy atom. The molecule has 19 heavy (non-hydrogen) atoms. The van der Waals surface area contributed by atoms with Gasteiger partial charge in [-0.2, -0.15) is 0 Å². The standard InChI is InChI=1S/C13H16F2N2O.ClH/c1-8(11-3-2-10(14)6-12(11)15)17-13(18)9-4-5-16-7-9;/h2-3,6,8-9,16H,4-5,7H2,1H3,(H,17,18);1H. The van der Waals surface area contributed by atoms with Crippen LogP contribution in [0.4, 0.5) is 8.78 Å². The summed E-state index contributed by atoms with van der Waals surface area (Å²) in [5.74, 6) is -1.39. The first-order valence-corrected chi connectivity index (χ1v) is 6.04. The largest absolute Gasteiger partial charge is 0.349 e. The Morgan fingerprint density at radius 2 is 2.21 bits per heavy atom. The number of amides is 1. The van der Waals surface area contributed by atoms with Crippen LogP contribution >= 0.6 is 12.4 Å². The second kappa shape index (κ2) is 6.82. The minimum Gasteiger partial charge on any atom is -0.349 e. The Bertz CT molecular complexity index is 450. The number of rotatable bonds is 3. The third-order valence-electron chi connectivity index (χ3n) is 3.22. The van der Waals surface area contributed by atoms with Gasteiger partial charge in [0, 0.05) is 18.2 Å². The molecule has 2 rings (SSSR count). The van der Waals surface area contributed by atoms with Gasteiger partial charge in [0.25, 0.3) is 0 Å². The maximum absolute atomic E-state index is 13.5. The molecule has 0 bridgehead atoms. The van der Waals surface area contributed by atoms with E-state index in [1.165, 1.54) is 12.1 Å². The fourth-order valence-corrected chi connectivity index (χ4v) is 2.14. The fraction of sp³-hybridized carbons (Fsp3) is 0.462. The van der Waals surface area contributed by atoms with Crippen LogP contribution in [0.5, 0.6) is 0 Å². The van der Waals surface area contributed by atoms with Gasteiger partial charge in [-0.15, -0.1) is 12.4 Å². The summed E-state index contributed by atoms with van der Waals surface area (Å²) in [6, 6.07) is 2.93. The van der Waals surface area contributed by atoms with Gasteiger partial charge < -0.3 is 10.6 Å². The van der Waals surface area contributed by atoms with E-state index in [9.17, 15) is 13.6 Å². The second-order valence-electron chi connectivity index (χ2n) is 4.59. The van der Waals surface area contributed by atoms with Gasteiger partial charge in [-0.3, -0.25) is 4.79 Å². The van der Waals surface area contributed by atoms with E-state index in [4.69, 9.17) is 0 Å². The SMILES string of the molecule is CC(NC(=O)C1CCNC1)c1ccc(F)cc1F.Cl. The number of carbonyl (C=O) groups excluding carboxylic acids is 1. The number of carbonyl (C=O) groups is 1. The van der Waals surface area contributed by atoms with Crippen molar-refractivity contribution in [3.8, 4) is 0 Å². The number of hydrogen-bond acceptors (Lipinski definition) is 2. The summed E-state index contributed by atoms with van der Waals surface area (Å²) in [6.07, 6.45) is 0.796. The predicted molar refractivity (Wildman–Crippen MR) is 71.1 cm³/mol. The number of hydrogen-bond donors (Lipinski definition) is 2. The van der Waals surface area contributed by atoms with E-state index in [2.05, 4.69) is 10.6 Å². The lowest BCUT2D eigenvalue weighted by Gasteiger charge is -2.17. The number of nitrogens with one attached hydrogen (secondary N) is 2. The van der Waals surface area contributed by atoms with Crippen LogP contribution < -0.4 is 10.6 Å². The van der Waals surface area contributed by atoms with Crippen molar-refractivity contribution in [3.05, 3.63) is 35.4 Å². The van der Waals surface area contributed by atoms with Crippen molar-refractivity contribution in [2.75, 3.05) is 13.1 Å². The van der Waals surface area contributed by atoms with Gasteiger partial charge in [-0.1, -0.05) is 6.07 Å². The smallest absolute Gasteiger partial charge is 0.224 e. The number of halogens is 3. The molecule has 0 aromatic heterocycles. The molecule has 1 aliphatic heterocycles. The fourth-order valence-electron chi connectivity index (χ4n) is 2.14. The molecule has 6 heteroatoms. The highest BCUT2D eigenvalue weighted by Crippen LogP contribution is 2.19. The monoisotopic (exact) mass is 290 g/mol. The normalized spacial score (nSPS) is 19.6. The summed E-state index contributed by atoms with van der Waals surface area (Å²) in [4.78, 5) is 11.9. The van der Waals surface area contributed by atoms with Crippen LogP contribution in [-0.2, 0) is 4.79 Å². The number of benzene rings is 1. The van der Waals surface area contributed by atoms with E-state index < -0.39 is 17.7 Å². The average Bonchev–Trinajstić information content (AvgIpc) is 2.81. The van der Waals surface area contributed by atoms with E-state index in [0.29, 0.717) is 12.1 Å². The molecule has 2 atom stereocenters. The highest BCUT2D eigenvalue weighted by atomic mass is 35.5. The Labute approximate surface area is 117 Å². The maximum atomic E-state index is 13.5. The van der Waals surface area contributed by atoms with Crippen molar-refractivity contribution in [2.45, 2.75) is 19.4 Å². The molecule has 0 aliphatic carbocycles. The van der Waals surface area contributed by atoms with Gasteiger partial charge in [-0.25, -0.2) is 8.78 Å². The van der Waals surface area contributed by atoms with Crippen LogP contribution in [0.1, 0.15) is 24.9 Å². The highest BCUT2D eigenvalue weighted by molar-refractivity contribution is 5.85. The van der Waals surface area contributed by atoms with E-state index in [0.717, 1.165) is 19.0 Å². The molecule has 1 fully saturated rings. The molecule has 1 aromatic rings. The molecule has 106 valence electrons. The maximum Gasteiger partial charge on any atom is 0.224 e. The van der Waals surface area contributed by atoms with Gasteiger partial charge >= 0.3 is 0 Å². The summed E-state index contributed by atoms with van der Waals surface area (Å²) in [5, 5.41) is 5.86. The van der Waals surface area contributed by atoms with Crippen LogP contribution in [0.25, 0.3) is 0 Å². The lowest BCUT2D eigenvalue weighted by Crippen LogP contribution is -2.34. The van der Waals surface area contributed by atoms with E-state index in [1.807, 2.05) is 0 Å². The molecular formula is C13H17ClF2N2O. The summed E-state index contributed by atoms with van der Waals surface area (Å²) in [6.45, 7) is 3.18. The lowest BCUT2D eigenvalue weighted by molar-refractivity contribution is -0.125. The third-order valence-corrected chi connectivity index (χ3v) is 3.22. The van der Waals surface area contributed by atoms with Crippen molar-refractivity contribution >= 4 is 18.3 Å². The van der Waals surface area contributed by atoms with Gasteiger partial charge in [-0.05, 0) is 26.0 Å². The van der Waals surface area contributed by atoms with Gasteiger partial charge in [0.2, 0.25) is 5.91 Å². The highest BCUT2D eigenvalue weighted by Gasteiger charge is 2.24. The Balaban J connectivity index is 0.00000180. The lowest BCUT2D eigenvalue weighted by atomic mass is 10.0. The minimum atomic E-state index is -0.632. The third kappa shape index (κ3) is 3.88. The van der Waals surface area contributed by atoms with Crippen LogP contribution in [0, 0.1) is 17.6 Å². The van der Waals surface area contributed by atoms with Crippen molar-refractivity contribution < 1.29 is 13.6 Å². The van der Waals surface area contributed by atoms with Crippen LogP contribution in [0.15, 0.2) is 18.2 Å². The molecule has 2 unspecified atom stereocenters. The first kappa shape index (κ1) is 15.9. The average molecular weight is 291 g/mol. The Kier molecular flexibility index (Phi) is 5.69. The molecule has 0 radical (unpaired) electrons. The summed E-state index contributed by atoms with van der Waals surface area (Å²) < 4.78 is 26.3. The van der Waals surface area contributed by atoms with Crippen LogP contribution in [0.3, 0.4) is 0 Å². The topological polar surface area (TPSA) is 41.1 Å². The van der Waals surface area contributed by atoms with Gasteiger partial charge in [0.1, 0.15) is 11.6 Å². The molecule has 1 heterocycles. The second-order valence-corrected chi connectivity index (χ2v) is 4.59. The zero-order valence-corrected chi connectivity index (χ0v) is 11.4. The van der Waals surface area contributed by atoms with Crippen molar-refractivity contribution in [3.63, 3.8) is 0 Å². The summed E-state index contributed by atoms with van der Waals surface area (Å²) in [5.41, 5.74) is 0.302. The molecule has 1 aromatic carbocycles. The van der Waals surface area contributed by atoms with E-state index in [-0.39, 0.29) is 24.2 Å². The minimum absolute atomic E-state index is 0. The van der Waals surface area contributed by atoms with E-state index in [1.54, 1.807) is 6.92 Å². The summed E-state index contributed by atoms with van der Waals surface area (Å²) in [7, 11) is 0. The van der Waals surface area contributed by atoms with Crippen molar-refractivity contribution in [1.82, 2.24) is 10.6 Å². The molecule has 1 saturated heterocycles. The predicted octanol–water partition coefficient (Wildman–Crippen LogP) is 2.17. The van der Waals surface area contributed by atoms with E-state index >= 15 is 0 Å². The first-order chi connectivity index (χ1) is 8.58. The van der Waals surface area contributed by atoms with Crippen LogP contribution in [0.2, 0.25) is 0 Å².